The number of hydrogen-bond donors (Lipinski definition) is 1. The standard InChI is InChI=1S/C34H36N2O4/c1-2-14-33(38)15-16-34(22-25-6-4-3-5-7-25)28(23-33)10-8-26-21-29(11-12-30(26)34)40-31-13-9-27(24-35-31)32(37)36-17-19-39-20-18-36/h3-7,9,11-13,21,24,28,38H,8,10,15-20,22-23H2,1H3/t28-,33-,34+/m1/s1. The zero-order chi connectivity index (χ0) is 27.6. The van der Waals surface area contributed by atoms with Crippen molar-refractivity contribution >= 4 is 5.91 Å². The summed E-state index contributed by atoms with van der Waals surface area (Å²) in [6, 6.07) is 20.7. The van der Waals surface area contributed by atoms with Crippen molar-refractivity contribution in [1.82, 2.24) is 9.88 Å². The van der Waals surface area contributed by atoms with Gasteiger partial charge in [0.1, 0.15) is 11.4 Å². The highest BCUT2D eigenvalue weighted by atomic mass is 16.5. The van der Waals surface area contributed by atoms with Gasteiger partial charge in [-0.1, -0.05) is 42.3 Å². The summed E-state index contributed by atoms with van der Waals surface area (Å²) in [5.41, 5.74) is 3.60. The maximum Gasteiger partial charge on any atom is 0.255 e. The number of benzene rings is 2. The molecule has 6 rings (SSSR count). The van der Waals surface area contributed by atoms with Gasteiger partial charge in [-0.25, -0.2) is 4.98 Å². The van der Waals surface area contributed by atoms with E-state index < -0.39 is 5.60 Å². The second kappa shape index (κ2) is 11.1. The van der Waals surface area contributed by atoms with Crippen LogP contribution in [0.1, 0.15) is 59.7 Å². The van der Waals surface area contributed by atoms with E-state index in [9.17, 15) is 9.90 Å². The molecule has 2 heterocycles. The Bertz CT molecular complexity index is 1420. The van der Waals surface area contributed by atoms with Gasteiger partial charge >= 0.3 is 0 Å². The molecule has 206 valence electrons. The van der Waals surface area contributed by atoms with Crippen LogP contribution in [0.3, 0.4) is 0 Å². The van der Waals surface area contributed by atoms with Gasteiger partial charge in [0.2, 0.25) is 5.88 Å². The monoisotopic (exact) mass is 536 g/mol. The van der Waals surface area contributed by atoms with Gasteiger partial charge in [0, 0.05) is 30.8 Å². The number of amides is 1. The molecule has 1 N–H and O–H groups in total. The largest absolute Gasteiger partial charge is 0.439 e. The lowest BCUT2D eigenvalue weighted by Gasteiger charge is -2.52. The number of aliphatic hydroxyl groups is 1. The van der Waals surface area contributed by atoms with Gasteiger partial charge in [0.25, 0.3) is 5.91 Å². The fourth-order valence-corrected chi connectivity index (χ4v) is 7.00. The molecule has 0 bridgehead atoms. The van der Waals surface area contributed by atoms with Gasteiger partial charge < -0.3 is 19.5 Å². The first-order valence-electron chi connectivity index (χ1n) is 14.3. The Morgan fingerprint density at radius 3 is 2.70 bits per heavy atom. The number of rotatable bonds is 5. The maximum atomic E-state index is 12.7. The van der Waals surface area contributed by atoms with Crippen molar-refractivity contribution in [3.63, 3.8) is 0 Å². The molecule has 2 aliphatic carbocycles. The van der Waals surface area contributed by atoms with Crippen LogP contribution in [0.25, 0.3) is 0 Å². The quantitative estimate of drug-likeness (QED) is 0.447. The van der Waals surface area contributed by atoms with Gasteiger partial charge in [-0.2, -0.15) is 0 Å². The predicted octanol–water partition coefficient (Wildman–Crippen LogP) is 5.33. The van der Waals surface area contributed by atoms with Crippen molar-refractivity contribution in [2.24, 2.45) is 5.92 Å². The van der Waals surface area contributed by atoms with E-state index in [0.29, 0.717) is 56.5 Å². The second-order valence-corrected chi connectivity index (χ2v) is 11.4. The first-order valence-corrected chi connectivity index (χ1v) is 14.3. The zero-order valence-corrected chi connectivity index (χ0v) is 23.1. The van der Waals surface area contributed by atoms with Crippen LogP contribution in [0.4, 0.5) is 0 Å². The molecule has 1 saturated carbocycles. The Labute approximate surface area is 236 Å². The van der Waals surface area contributed by atoms with E-state index in [2.05, 4.69) is 59.3 Å². The van der Waals surface area contributed by atoms with Crippen LogP contribution >= 0.6 is 0 Å². The number of aromatic nitrogens is 1. The smallest absolute Gasteiger partial charge is 0.255 e. The number of fused-ring (bicyclic) bond motifs is 3. The number of hydrogen-bond acceptors (Lipinski definition) is 5. The van der Waals surface area contributed by atoms with Gasteiger partial charge in [-0.05, 0) is 86.3 Å². The predicted molar refractivity (Wildman–Crippen MR) is 153 cm³/mol. The topological polar surface area (TPSA) is 71.9 Å². The Kier molecular flexibility index (Phi) is 7.35. The minimum Gasteiger partial charge on any atom is -0.439 e. The van der Waals surface area contributed by atoms with Crippen molar-refractivity contribution in [3.8, 4) is 23.5 Å². The molecule has 0 radical (unpaired) electrons. The molecule has 1 amide bonds. The summed E-state index contributed by atoms with van der Waals surface area (Å²) in [7, 11) is 0. The highest BCUT2D eigenvalue weighted by Crippen LogP contribution is 2.54. The van der Waals surface area contributed by atoms with Gasteiger partial charge in [-0.3, -0.25) is 4.79 Å². The van der Waals surface area contributed by atoms with Crippen molar-refractivity contribution in [2.75, 3.05) is 26.3 Å². The Balaban J connectivity index is 1.24. The van der Waals surface area contributed by atoms with E-state index in [1.165, 1.54) is 16.7 Å². The van der Waals surface area contributed by atoms with Gasteiger partial charge in [-0.15, -0.1) is 5.92 Å². The summed E-state index contributed by atoms with van der Waals surface area (Å²) in [6.07, 6.45) is 6.75. The number of ether oxygens (including phenoxy) is 2. The van der Waals surface area contributed by atoms with Crippen LogP contribution in [0.5, 0.6) is 11.6 Å². The van der Waals surface area contributed by atoms with E-state index in [1.807, 2.05) is 13.0 Å². The van der Waals surface area contributed by atoms with E-state index >= 15 is 0 Å². The van der Waals surface area contributed by atoms with Crippen molar-refractivity contribution in [3.05, 3.63) is 89.1 Å². The van der Waals surface area contributed by atoms with Crippen LogP contribution in [0.2, 0.25) is 0 Å². The number of morpholine rings is 1. The molecule has 6 nitrogen and oxygen atoms in total. The number of aryl methyl sites for hydroxylation is 1. The Morgan fingerprint density at radius 1 is 1.12 bits per heavy atom. The van der Waals surface area contributed by atoms with E-state index in [-0.39, 0.29) is 11.3 Å². The van der Waals surface area contributed by atoms with E-state index in [4.69, 9.17) is 9.47 Å². The van der Waals surface area contributed by atoms with Crippen LogP contribution in [-0.2, 0) is 23.0 Å². The van der Waals surface area contributed by atoms with Crippen LogP contribution in [0, 0.1) is 17.8 Å². The third-order valence-corrected chi connectivity index (χ3v) is 8.95. The first kappa shape index (κ1) is 26.6. The summed E-state index contributed by atoms with van der Waals surface area (Å²) in [6.45, 7) is 4.15. The summed E-state index contributed by atoms with van der Waals surface area (Å²) in [4.78, 5) is 19.0. The maximum absolute atomic E-state index is 12.7. The average molecular weight is 537 g/mol. The molecule has 1 aromatic heterocycles. The Morgan fingerprint density at radius 2 is 1.95 bits per heavy atom. The fourth-order valence-electron chi connectivity index (χ4n) is 7.00. The molecule has 1 saturated heterocycles. The third kappa shape index (κ3) is 5.24. The molecule has 40 heavy (non-hydrogen) atoms. The molecule has 3 aliphatic rings. The molecule has 1 aliphatic heterocycles. The summed E-state index contributed by atoms with van der Waals surface area (Å²) in [5.74, 6) is 7.61. The minimum absolute atomic E-state index is 0.0290. The van der Waals surface area contributed by atoms with Crippen molar-refractivity contribution in [1.29, 1.82) is 0 Å². The zero-order valence-electron chi connectivity index (χ0n) is 23.1. The second-order valence-electron chi connectivity index (χ2n) is 11.4. The van der Waals surface area contributed by atoms with Crippen LogP contribution in [-0.4, -0.2) is 52.8 Å². The SMILES string of the molecule is CC#C[C@@]1(O)CC[C@@]2(Cc3ccccc3)c3ccc(Oc4ccc(C(=O)N5CCOCC5)cn4)cc3CC[C@@H]2C1. The molecule has 0 unspecified atom stereocenters. The van der Waals surface area contributed by atoms with Crippen LogP contribution in [0.15, 0.2) is 66.9 Å². The van der Waals surface area contributed by atoms with Crippen molar-refractivity contribution < 1.29 is 19.4 Å². The lowest BCUT2D eigenvalue weighted by Crippen LogP contribution is -2.50. The van der Waals surface area contributed by atoms with Crippen molar-refractivity contribution in [2.45, 2.75) is 56.5 Å². The number of carbonyl (C=O) groups excluding carboxylic acids is 1. The van der Waals surface area contributed by atoms with Gasteiger partial charge in [0.15, 0.2) is 0 Å². The number of carbonyl (C=O) groups is 1. The van der Waals surface area contributed by atoms with E-state index in [1.54, 1.807) is 23.2 Å². The van der Waals surface area contributed by atoms with Gasteiger partial charge in [0.05, 0.1) is 18.8 Å². The molecule has 2 aromatic carbocycles. The molecular formula is C34H36N2O4. The van der Waals surface area contributed by atoms with E-state index in [0.717, 1.165) is 31.4 Å². The molecular weight excluding hydrogens is 500 g/mol. The summed E-state index contributed by atoms with van der Waals surface area (Å²) >= 11 is 0. The summed E-state index contributed by atoms with van der Waals surface area (Å²) in [5, 5.41) is 11.2. The molecule has 0 spiro atoms. The summed E-state index contributed by atoms with van der Waals surface area (Å²) < 4.78 is 11.5. The lowest BCUT2D eigenvalue weighted by atomic mass is 9.52. The molecule has 2 fully saturated rings. The minimum atomic E-state index is -0.902. The molecule has 3 aromatic rings. The average Bonchev–Trinajstić information content (AvgIpc) is 2.98. The third-order valence-electron chi connectivity index (χ3n) is 8.95. The lowest BCUT2D eigenvalue weighted by molar-refractivity contribution is -0.00804. The molecule has 6 heteroatoms. The highest BCUT2D eigenvalue weighted by Gasteiger charge is 2.51. The number of pyridine rings is 1. The molecule has 3 atom stereocenters. The highest BCUT2D eigenvalue weighted by molar-refractivity contribution is 5.94. The Hall–Kier alpha value is -3.66. The normalized spacial score (nSPS) is 25.6. The first-order chi connectivity index (χ1) is 19.5. The van der Waals surface area contributed by atoms with Crippen LogP contribution < -0.4 is 4.74 Å². The number of nitrogens with zero attached hydrogens (tertiary/aromatic N) is 2. The fraction of sp³-hybridized carbons (Fsp3) is 0.412.